The summed E-state index contributed by atoms with van der Waals surface area (Å²) in [6, 6.07) is 6.64. The number of hydrogen-bond donors (Lipinski definition) is 1. The van der Waals surface area contributed by atoms with Gasteiger partial charge < -0.3 is 10.0 Å². The molecule has 0 saturated carbocycles. The highest BCUT2D eigenvalue weighted by Crippen LogP contribution is 2.25. The van der Waals surface area contributed by atoms with Crippen molar-refractivity contribution in [2.75, 3.05) is 37.6 Å². The number of hydrogen-bond acceptors (Lipinski definition) is 5. The van der Waals surface area contributed by atoms with Crippen molar-refractivity contribution in [1.29, 1.82) is 0 Å². The van der Waals surface area contributed by atoms with E-state index in [1.807, 2.05) is 32.9 Å². The van der Waals surface area contributed by atoms with Crippen LogP contribution in [0.15, 0.2) is 24.3 Å². The number of halogens is 1. The first-order valence-corrected chi connectivity index (χ1v) is 9.70. The Balaban J connectivity index is 1.78. The van der Waals surface area contributed by atoms with E-state index in [9.17, 15) is 9.50 Å². The number of nitrogens with zero attached hydrogens (tertiary/aromatic N) is 4. The first kappa shape index (κ1) is 19.7. The van der Waals surface area contributed by atoms with Gasteiger partial charge in [0.05, 0.1) is 6.10 Å². The van der Waals surface area contributed by atoms with E-state index in [2.05, 4.69) is 14.8 Å². The molecule has 1 atom stereocenters. The van der Waals surface area contributed by atoms with Crippen molar-refractivity contribution >= 4 is 5.82 Å². The Morgan fingerprint density at radius 1 is 1.07 bits per heavy atom. The van der Waals surface area contributed by atoms with Gasteiger partial charge in [-0.05, 0) is 38.0 Å². The van der Waals surface area contributed by atoms with E-state index >= 15 is 0 Å². The van der Waals surface area contributed by atoms with Gasteiger partial charge in [0.2, 0.25) is 0 Å². The van der Waals surface area contributed by atoms with Gasteiger partial charge in [-0.1, -0.05) is 19.1 Å². The zero-order valence-corrected chi connectivity index (χ0v) is 16.5. The molecule has 1 aromatic carbocycles. The lowest BCUT2D eigenvalue weighted by Gasteiger charge is -2.37. The van der Waals surface area contributed by atoms with Crippen LogP contribution in [0.5, 0.6) is 0 Å². The second kappa shape index (κ2) is 8.76. The predicted molar refractivity (Wildman–Crippen MR) is 106 cm³/mol. The lowest BCUT2D eigenvalue weighted by Crippen LogP contribution is -2.49. The van der Waals surface area contributed by atoms with E-state index in [0.29, 0.717) is 6.42 Å². The summed E-state index contributed by atoms with van der Waals surface area (Å²) >= 11 is 0. The van der Waals surface area contributed by atoms with Crippen LogP contribution in [0, 0.1) is 19.7 Å². The van der Waals surface area contributed by atoms with E-state index in [4.69, 9.17) is 4.98 Å². The molecule has 0 amide bonds. The average molecular weight is 372 g/mol. The molecule has 0 spiro atoms. The van der Waals surface area contributed by atoms with Gasteiger partial charge >= 0.3 is 0 Å². The number of aliphatic hydroxyl groups excluding tert-OH is 1. The molecule has 2 aromatic rings. The van der Waals surface area contributed by atoms with Crippen LogP contribution in [0.2, 0.25) is 0 Å². The number of piperazine rings is 1. The number of β-amino-alcohol motifs (C(OH)–C–C–N with tert-alkyl or cyclic N) is 1. The molecule has 1 fully saturated rings. The van der Waals surface area contributed by atoms with Gasteiger partial charge in [0.1, 0.15) is 17.5 Å². The average Bonchev–Trinajstić information content (AvgIpc) is 2.66. The fraction of sp³-hybridized carbons (Fsp3) is 0.524. The van der Waals surface area contributed by atoms with Gasteiger partial charge in [-0.3, -0.25) is 4.90 Å². The van der Waals surface area contributed by atoms with Crippen molar-refractivity contribution in [3.8, 4) is 0 Å². The quantitative estimate of drug-likeness (QED) is 0.845. The van der Waals surface area contributed by atoms with Crippen molar-refractivity contribution in [3.05, 3.63) is 52.7 Å². The smallest absolute Gasteiger partial charge is 0.136 e. The monoisotopic (exact) mass is 372 g/mol. The summed E-state index contributed by atoms with van der Waals surface area (Å²) in [5.41, 5.74) is 3.14. The summed E-state index contributed by atoms with van der Waals surface area (Å²) in [4.78, 5) is 13.9. The van der Waals surface area contributed by atoms with Gasteiger partial charge in [-0.2, -0.15) is 0 Å². The van der Waals surface area contributed by atoms with Gasteiger partial charge in [0, 0.05) is 50.4 Å². The molecular formula is C21H29FN4O. The van der Waals surface area contributed by atoms with E-state index in [1.54, 1.807) is 0 Å². The van der Waals surface area contributed by atoms with Gasteiger partial charge in [0.25, 0.3) is 0 Å². The molecule has 27 heavy (non-hydrogen) atoms. The maximum Gasteiger partial charge on any atom is 0.136 e. The topological polar surface area (TPSA) is 52.5 Å². The van der Waals surface area contributed by atoms with Gasteiger partial charge in [0.15, 0.2) is 0 Å². The SMILES string of the molecule is CC[C@H](O)CN1CCN(c2nc(C)nc(C)c2Cc2ccc(F)cc2)CC1. The minimum Gasteiger partial charge on any atom is -0.392 e. The minimum absolute atomic E-state index is 0.221. The van der Waals surface area contributed by atoms with E-state index < -0.39 is 0 Å². The van der Waals surface area contributed by atoms with E-state index in [-0.39, 0.29) is 11.9 Å². The van der Waals surface area contributed by atoms with E-state index in [0.717, 1.165) is 67.6 Å². The molecule has 3 rings (SSSR count). The van der Waals surface area contributed by atoms with Crippen molar-refractivity contribution in [2.24, 2.45) is 0 Å². The molecule has 0 bridgehead atoms. The minimum atomic E-state index is -0.255. The molecule has 1 aliphatic heterocycles. The Labute approximate surface area is 160 Å². The zero-order chi connectivity index (χ0) is 19.4. The second-order valence-electron chi connectivity index (χ2n) is 7.31. The van der Waals surface area contributed by atoms with Crippen molar-refractivity contribution in [3.63, 3.8) is 0 Å². The lowest BCUT2D eigenvalue weighted by molar-refractivity contribution is 0.106. The Hall–Kier alpha value is -2.05. The summed E-state index contributed by atoms with van der Waals surface area (Å²) in [6.45, 7) is 10.3. The highest BCUT2D eigenvalue weighted by atomic mass is 19.1. The molecule has 2 heterocycles. The number of rotatable bonds is 6. The molecule has 1 aromatic heterocycles. The maximum absolute atomic E-state index is 13.2. The second-order valence-corrected chi connectivity index (χ2v) is 7.31. The van der Waals surface area contributed by atoms with Crippen molar-refractivity contribution in [1.82, 2.24) is 14.9 Å². The van der Waals surface area contributed by atoms with Gasteiger partial charge in [-0.15, -0.1) is 0 Å². The summed E-state index contributed by atoms with van der Waals surface area (Å²) in [5.74, 6) is 1.54. The van der Waals surface area contributed by atoms with Crippen LogP contribution in [-0.2, 0) is 6.42 Å². The van der Waals surface area contributed by atoms with Crippen molar-refractivity contribution in [2.45, 2.75) is 39.7 Å². The van der Waals surface area contributed by atoms with Crippen LogP contribution in [0.1, 0.15) is 36.0 Å². The maximum atomic E-state index is 13.2. The molecule has 0 unspecified atom stereocenters. The Bertz CT molecular complexity index is 758. The molecule has 0 radical (unpaired) electrons. The molecule has 1 N–H and O–H groups in total. The molecule has 1 aliphatic rings. The third-order valence-corrected chi connectivity index (χ3v) is 5.21. The zero-order valence-electron chi connectivity index (χ0n) is 16.5. The van der Waals surface area contributed by atoms with Crippen LogP contribution in [0.25, 0.3) is 0 Å². The number of aryl methyl sites for hydroxylation is 2. The van der Waals surface area contributed by atoms with Crippen LogP contribution >= 0.6 is 0 Å². The van der Waals surface area contributed by atoms with Crippen molar-refractivity contribution < 1.29 is 9.50 Å². The third-order valence-electron chi connectivity index (χ3n) is 5.21. The molecule has 146 valence electrons. The molecular weight excluding hydrogens is 343 g/mol. The lowest BCUT2D eigenvalue weighted by atomic mass is 10.0. The first-order chi connectivity index (χ1) is 13.0. The molecule has 0 aliphatic carbocycles. The molecule has 5 nitrogen and oxygen atoms in total. The number of anilines is 1. The predicted octanol–water partition coefficient (Wildman–Crippen LogP) is 2.72. The first-order valence-electron chi connectivity index (χ1n) is 9.70. The van der Waals surface area contributed by atoms with Gasteiger partial charge in [-0.25, -0.2) is 14.4 Å². The fourth-order valence-corrected chi connectivity index (χ4v) is 3.56. The standard InChI is InChI=1S/C21H29FN4O/c1-4-19(27)14-25-9-11-26(12-10-25)21-20(15(2)23-16(3)24-21)13-17-5-7-18(22)8-6-17/h5-8,19,27H,4,9-14H2,1-3H3/t19-/m0/s1. The van der Waals surface area contributed by atoms with Crippen LogP contribution in [0.4, 0.5) is 10.2 Å². The third kappa shape index (κ3) is 5.02. The highest BCUT2D eigenvalue weighted by molar-refractivity contribution is 5.51. The van der Waals surface area contributed by atoms with Crippen LogP contribution in [0.3, 0.4) is 0 Å². The summed E-state index contributed by atoms with van der Waals surface area (Å²) in [5, 5.41) is 9.89. The normalized spacial score (nSPS) is 16.6. The summed E-state index contributed by atoms with van der Waals surface area (Å²) in [6.07, 6.45) is 1.22. The fourth-order valence-electron chi connectivity index (χ4n) is 3.56. The summed E-state index contributed by atoms with van der Waals surface area (Å²) < 4.78 is 13.2. The molecule has 6 heteroatoms. The highest BCUT2D eigenvalue weighted by Gasteiger charge is 2.23. The number of aromatic nitrogens is 2. The molecule has 1 saturated heterocycles. The number of benzene rings is 1. The largest absolute Gasteiger partial charge is 0.392 e. The Morgan fingerprint density at radius 3 is 2.37 bits per heavy atom. The van der Waals surface area contributed by atoms with E-state index in [1.165, 1.54) is 12.1 Å². The van der Waals surface area contributed by atoms with Crippen LogP contribution < -0.4 is 4.90 Å². The Morgan fingerprint density at radius 2 is 1.74 bits per heavy atom. The number of aliphatic hydroxyl groups is 1. The van der Waals surface area contributed by atoms with Crippen LogP contribution in [-0.4, -0.2) is 58.8 Å². The summed E-state index contributed by atoms with van der Waals surface area (Å²) in [7, 11) is 0. The Kier molecular flexibility index (Phi) is 6.39.